The summed E-state index contributed by atoms with van der Waals surface area (Å²) in [6, 6.07) is 4.50. The summed E-state index contributed by atoms with van der Waals surface area (Å²) in [5.41, 5.74) is 0.724. The number of non-ortho nitro benzene ring substituents is 1. The van der Waals surface area contributed by atoms with Crippen LogP contribution in [0.1, 0.15) is 20.8 Å². The number of morpholine rings is 1. The molecule has 0 aromatic heterocycles. The van der Waals surface area contributed by atoms with Crippen molar-refractivity contribution in [2.45, 2.75) is 20.8 Å². The summed E-state index contributed by atoms with van der Waals surface area (Å²) in [7, 11) is 0. The van der Waals surface area contributed by atoms with E-state index in [9.17, 15) is 14.9 Å². The quantitative estimate of drug-likeness (QED) is 0.684. The molecule has 1 aromatic carbocycles. The van der Waals surface area contributed by atoms with Gasteiger partial charge in [0.15, 0.2) is 0 Å². The van der Waals surface area contributed by atoms with Crippen LogP contribution in [0.15, 0.2) is 18.2 Å². The van der Waals surface area contributed by atoms with Crippen molar-refractivity contribution in [3.05, 3.63) is 28.3 Å². The molecule has 1 heterocycles. The fourth-order valence-electron chi connectivity index (χ4n) is 2.11. The Morgan fingerprint density at radius 1 is 1.32 bits per heavy atom. The molecule has 0 unspecified atom stereocenters. The first-order valence-electron chi connectivity index (χ1n) is 7.21. The maximum Gasteiger partial charge on any atom is 0.271 e. The van der Waals surface area contributed by atoms with Gasteiger partial charge in [-0.3, -0.25) is 14.9 Å². The van der Waals surface area contributed by atoms with Crippen LogP contribution in [0.25, 0.3) is 0 Å². The lowest BCUT2D eigenvalue weighted by Gasteiger charge is -2.31. The van der Waals surface area contributed by atoms with Crippen LogP contribution >= 0.6 is 0 Å². The Bertz CT molecular complexity index is 575. The molecular weight excluding hydrogens is 286 g/mol. The number of nitro benzene ring substituents is 1. The lowest BCUT2D eigenvalue weighted by atomic mass is 9.95. The van der Waals surface area contributed by atoms with Gasteiger partial charge in [0.25, 0.3) is 5.69 Å². The molecule has 1 amide bonds. The molecule has 0 radical (unpaired) electrons. The van der Waals surface area contributed by atoms with E-state index >= 15 is 0 Å². The highest BCUT2D eigenvalue weighted by atomic mass is 16.6. The molecular formula is C15H21N3O4. The van der Waals surface area contributed by atoms with E-state index in [-0.39, 0.29) is 11.6 Å². The van der Waals surface area contributed by atoms with E-state index in [1.165, 1.54) is 12.1 Å². The average molecular weight is 307 g/mol. The van der Waals surface area contributed by atoms with Gasteiger partial charge in [0.2, 0.25) is 5.91 Å². The van der Waals surface area contributed by atoms with Gasteiger partial charge in [-0.25, -0.2) is 0 Å². The molecule has 2 rings (SSSR count). The molecule has 1 fully saturated rings. The molecule has 120 valence electrons. The van der Waals surface area contributed by atoms with Crippen LogP contribution < -0.4 is 10.2 Å². The van der Waals surface area contributed by atoms with Crippen molar-refractivity contribution in [2.24, 2.45) is 5.41 Å². The number of ether oxygens (including phenoxy) is 1. The van der Waals surface area contributed by atoms with Gasteiger partial charge < -0.3 is 15.0 Å². The van der Waals surface area contributed by atoms with Gasteiger partial charge in [-0.2, -0.15) is 0 Å². The number of hydrogen-bond acceptors (Lipinski definition) is 5. The van der Waals surface area contributed by atoms with Crippen molar-refractivity contribution in [1.82, 2.24) is 0 Å². The van der Waals surface area contributed by atoms with E-state index in [2.05, 4.69) is 5.32 Å². The highest BCUT2D eigenvalue weighted by molar-refractivity contribution is 5.97. The topological polar surface area (TPSA) is 84.7 Å². The number of carbonyl (C=O) groups is 1. The second kappa shape index (κ2) is 6.31. The van der Waals surface area contributed by atoms with Crippen molar-refractivity contribution in [3.8, 4) is 0 Å². The zero-order chi connectivity index (χ0) is 16.3. The molecule has 0 atom stereocenters. The van der Waals surface area contributed by atoms with Crippen molar-refractivity contribution < 1.29 is 14.5 Å². The van der Waals surface area contributed by atoms with Gasteiger partial charge in [-0.15, -0.1) is 0 Å². The largest absolute Gasteiger partial charge is 0.378 e. The number of amides is 1. The third-order valence-electron chi connectivity index (χ3n) is 3.47. The Morgan fingerprint density at radius 3 is 2.50 bits per heavy atom. The van der Waals surface area contributed by atoms with Crippen LogP contribution in [0.3, 0.4) is 0 Å². The predicted octanol–water partition coefficient (Wildman–Crippen LogP) is 2.42. The molecule has 1 saturated heterocycles. The molecule has 7 nitrogen and oxygen atoms in total. The smallest absolute Gasteiger partial charge is 0.271 e. The summed E-state index contributed by atoms with van der Waals surface area (Å²) >= 11 is 0. The first-order valence-corrected chi connectivity index (χ1v) is 7.21. The summed E-state index contributed by atoms with van der Waals surface area (Å²) in [5, 5.41) is 13.9. The molecule has 1 aliphatic rings. The van der Waals surface area contributed by atoms with E-state index in [4.69, 9.17) is 4.74 Å². The molecule has 0 bridgehead atoms. The second-order valence-corrected chi connectivity index (χ2v) is 6.26. The Balaban J connectivity index is 2.35. The van der Waals surface area contributed by atoms with E-state index in [1.54, 1.807) is 6.07 Å². The number of nitrogens with zero attached hydrogens (tertiary/aromatic N) is 2. The molecule has 22 heavy (non-hydrogen) atoms. The number of carbonyl (C=O) groups excluding carboxylic acids is 1. The molecule has 0 aliphatic carbocycles. The van der Waals surface area contributed by atoms with Crippen LogP contribution in [-0.4, -0.2) is 37.1 Å². The fourth-order valence-corrected chi connectivity index (χ4v) is 2.11. The zero-order valence-electron chi connectivity index (χ0n) is 13.1. The zero-order valence-corrected chi connectivity index (χ0v) is 13.1. The second-order valence-electron chi connectivity index (χ2n) is 6.26. The SMILES string of the molecule is CC(C)(C)C(=O)Nc1ccc([N+](=O)[O-])cc1N1CCOCC1. The van der Waals surface area contributed by atoms with Crippen molar-refractivity contribution >= 4 is 23.0 Å². The third-order valence-corrected chi connectivity index (χ3v) is 3.47. The lowest BCUT2D eigenvalue weighted by Crippen LogP contribution is -2.37. The fraction of sp³-hybridized carbons (Fsp3) is 0.533. The third kappa shape index (κ3) is 3.73. The predicted molar refractivity (Wildman–Crippen MR) is 84.2 cm³/mol. The first-order chi connectivity index (χ1) is 10.3. The number of nitro groups is 1. The van der Waals surface area contributed by atoms with Gasteiger partial charge >= 0.3 is 0 Å². The van der Waals surface area contributed by atoms with Crippen molar-refractivity contribution in [3.63, 3.8) is 0 Å². The standard InChI is InChI=1S/C15H21N3O4/c1-15(2,3)14(19)16-12-5-4-11(18(20)21)10-13(12)17-6-8-22-9-7-17/h4-5,10H,6-9H2,1-3H3,(H,16,19). The Kier molecular flexibility index (Phi) is 4.65. The summed E-state index contributed by atoms with van der Waals surface area (Å²) in [4.78, 5) is 24.8. The molecule has 1 aliphatic heterocycles. The number of rotatable bonds is 3. The van der Waals surface area contributed by atoms with Crippen LogP contribution in [-0.2, 0) is 9.53 Å². The van der Waals surface area contributed by atoms with Gasteiger partial charge in [0, 0.05) is 30.6 Å². The minimum atomic E-state index is -0.538. The Hall–Kier alpha value is -2.15. The van der Waals surface area contributed by atoms with E-state index in [1.807, 2.05) is 25.7 Å². The van der Waals surface area contributed by atoms with E-state index in [0.717, 1.165) is 0 Å². The van der Waals surface area contributed by atoms with E-state index < -0.39 is 10.3 Å². The summed E-state index contributed by atoms with van der Waals surface area (Å²) in [6.07, 6.45) is 0. The first kappa shape index (κ1) is 16.2. The van der Waals surface area contributed by atoms with Gasteiger partial charge in [-0.1, -0.05) is 20.8 Å². The maximum absolute atomic E-state index is 12.2. The molecule has 1 N–H and O–H groups in total. The van der Waals surface area contributed by atoms with E-state index in [0.29, 0.717) is 37.7 Å². The van der Waals surface area contributed by atoms with Crippen LogP contribution in [0.2, 0.25) is 0 Å². The number of hydrogen-bond donors (Lipinski definition) is 1. The summed E-state index contributed by atoms with van der Waals surface area (Å²) < 4.78 is 5.31. The monoisotopic (exact) mass is 307 g/mol. The minimum Gasteiger partial charge on any atom is -0.378 e. The normalized spacial score (nSPS) is 15.5. The van der Waals surface area contributed by atoms with Gasteiger partial charge in [0.1, 0.15) is 0 Å². The molecule has 0 saturated carbocycles. The Morgan fingerprint density at radius 2 is 1.95 bits per heavy atom. The van der Waals surface area contributed by atoms with Crippen molar-refractivity contribution in [2.75, 3.05) is 36.5 Å². The number of benzene rings is 1. The van der Waals surface area contributed by atoms with Gasteiger partial charge in [-0.05, 0) is 6.07 Å². The highest BCUT2D eigenvalue weighted by Crippen LogP contribution is 2.32. The van der Waals surface area contributed by atoms with Crippen LogP contribution in [0, 0.1) is 15.5 Å². The number of nitrogens with one attached hydrogen (secondary N) is 1. The summed E-state index contributed by atoms with van der Waals surface area (Å²) in [6.45, 7) is 7.87. The van der Waals surface area contributed by atoms with Crippen LogP contribution in [0.5, 0.6) is 0 Å². The van der Waals surface area contributed by atoms with Crippen molar-refractivity contribution in [1.29, 1.82) is 0 Å². The van der Waals surface area contributed by atoms with Crippen LogP contribution in [0.4, 0.5) is 17.1 Å². The Labute approximate surface area is 129 Å². The lowest BCUT2D eigenvalue weighted by molar-refractivity contribution is -0.384. The van der Waals surface area contributed by atoms with Gasteiger partial charge in [0.05, 0.1) is 29.5 Å². The maximum atomic E-state index is 12.2. The average Bonchev–Trinajstić information content (AvgIpc) is 2.47. The molecule has 0 spiro atoms. The minimum absolute atomic E-state index is 0.00949. The molecule has 1 aromatic rings. The highest BCUT2D eigenvalue weighted by Gasteiger charge is 2.24. The summed E-state index contributed by atoms with van der Waals surface area (Å²) in [5.74, 6) is -0.129. The number of anilines is 2. The molecule has 7 heteroatoms.